The third-order valence-corrected chi connectivity index (χ3v) is 3.93. The van der Waals surface area contributed by atoms with Crippen LogP contribution in [0.25, 0.3) is 0 Å². The van der Waals surface area contributed by atoms with Gasteiger partial charge in [-0.1, -0.05) is 24.4 Å². The van der Waals surface area contributed by atoms with Crippen molar-refractivity contribution < 1.29 is 4.79 Å². The number of carbonyl (C=O) groups excluding carboxylic acids is 1. The molecule has 21 heavy (non-hydrogen) atoms. The Bertz CT molecular complexity index is 526. The van der Waals surface area contributed by atoms with Crippen LogP contribution in [0.4, 0.5) is 5.69 Å². The Labute approximate surface area is 131 Å². The first kappa shape index (κ1) is 15.9. The SMILES string of the molecule is CC(C)N(CC(=O)Nc1cccc(C(N)=S)c1)CC1CC1. The first-order chi connectivity index (χ1) is 9.95. The molecule has 2 rings (SSSR count). The molecule has 1 amide bonds. The Morgan fingerprint density at radius 3 is 2.76 bits per heavy atom. The van der Waals surface area contributed by atoms with E-state index < -0.39 is 0 Å². The highest BCUT2D eigenvalue weighted by Crippen LogP contribution is 2.30. The fourth-order valence-electron chi connectivity index (χ4n) is 2.23. The van der Waals surface area contributed by atoms with E-state index in [9.17, 15) is 4.79 Å². The number of thiocarbonyl (C=S) groups is 1. The number of benzene rings is 1. The molecule has 114 valence electrons. The maximum atomic E-state index is 12.2. The number of hydrogen-bond acceptors (Lipinski definition) is 3. The average Bonchev–Trinajstić information content (AvgIpc) is 3.22. The van der Waals surface area contributed by atoms with Gasteiger partial charge in [0.25, 0.3) is 0 Å². The monoisotopic (exact) mass is 305 g/mol. The van der Waals surface area contributed by atoms with Crippen molar-refractivity contribution in [1.29, 1.82) is 0 Å². The Balaban J connectivity index is 1.93. The smallest absolute Gasteiger partial charge is 0.238 e. The first-order valence-corrected chi connectivity index (χ1v) is 7.80. The van der Waals surface area contributed by atoms with Crippen LogP contribution in [0.15, 0.2) is 24.3 Å². The third-order valence-electron chi connectivity index (χ3n) is 3.70. The molecule has 3 N–H and O–H groups in total. The molecule has 0 bridgehead atoms. The summed E-state index contributed by atoms with van der Waals surface area (Å²) >= 11 is 4.95. The van der Waals surface area contributed by atoms with Gasteiger partial charge in [-0.25, -0.2) is 0 Å². The third kappa shape index (κ3) is 5.10. The molecule has 0 unspecified atom stereocenters. The predicted octanol–water partition coefficient (Wildman–Crippen LogP) is 2.38. The van der Waals surface area contributed by atoms with Gasteiger partial charge in [0.15, 0.2) is 0 Å². The molecule has 1 saturated carbocycles. The lowest BCUT2D eigenvalue weighted by Gasteiger charge is -2.25. The number of nitrogens with one attached hydrogen (secondary N) is 1. The fourth-order valence-corrected chi connectivity index (χ4v) is 2.35. The summed E-state index contributed by atoms with van der Waals surface area (Å²) in [5.74, 6) is 0.780. The molecule has 5 heteroatoms. The number of rotatable bonds is 7. The second-order valence-electron chi connectivity index (χ2n) is 5.96. The molecular weight excluding hydrogens is 282 g/mol. The van der Waals surface area contributed by atoms with Gasteiger partial charge < -0.3 is 11.1 Å². The number of carbonyl (C=O) groups is 1. The zero-order valence-electron chi connectivity index (χ0n) is 12.6. The van der Waals surface area contributed by atoms with E-state index in [1.165, 1.54) is 12.8 Å². The summed E-state index contributed by atoms with van der Waals surface area (Å²) < 4.78 is 0. The van der Waals surface area contributed by atoms with Crippen LogP contribution in [0.2, 0.25) is 0 Å². The zero-order valence-corrected chi connectivity index (χ0v) is 13.5. The Morgan fingerprint density at radius 2 is 2.19 bits per heavy atom. The minimum absolute atomic E-state index is 0.00411. The largest absolute Gasteiger partial charge is 0.389 e. The zero-order chi connectivity index (χ0) is 15.4. The van der Waals surface area contributed by atoms with E-state index in [0.29, 0.717) is 17.6 Å². The highest BCUT2D eigenvalue weighted by Gasteiger charge is 2.26. The maximum absolute atomic E-state index is 12.2. The highest BCUT2D eigenvalue weighted by molar-refractivity contribution is 7.80. The van der Waals surface area contributed by atoms with Gasteiger partial charge in [-0.3, -0.25) is 9.69 Å². The van der Waals surface area contributed by atoms with E-state index in [1.54, 1.807) is 6.07 Å². The fraction of sp³-hybridized carbons (Fsp3) is 0.500. The number of amides is 1. The Morgan fingerprint density at radius 1 is 1.48 bits per heavy atom. The van der Waals surface area contributed by atoms with E-state index in [1.807, 2.05) is 18.2 Å². The van der Waals surface area contributed by atoms with Crippen molar-refractivity contribution in [2.75, 3.05) is 18.4 Å². The summed E-state index contributed by atoms with van der Waals surface area (Å²) in [6.07, 6.45) is 2.58. The highest BCUT2D eigenvalue weighted by atomic mass is 32.1. The van der Waals surface area contributed by atoms with Crippen molar-refractivity contribution in [2.24, 2.45) is 11.7 Å². The molecule has 1 aromatic rings. The summed E-state index contributed by atoms with van der Waals surface area (Å²) in [6, 6.07) is 7.71. The van der Waals surface area contributed by atoms with E-state index in [-0.39, 0.29) is 5.91 Å². The molecular formula is C16H23N3OS. The number of nitrogens with zero attached hydrogens (tertiary/aromatic N) is 1. The minimum Gasteiger partial charge on any atom is -0.389 e. The molecule has 0 saturated heterocycles. The summed E-state index contributed by atoms with van der Waals surface area (Å²) in [5, 5.41) is 2.92. The summed E-state index contributed by atoms with van der Waals surface area (Å²) in [5.41, 5.74) is 7.11. The van der Waals surface area contributed by atoms with Crippen molar-refractivity contribution in [3.8, 4) is 0 Å². The van der Waals surface area contributed by atoms with E-state index in [0.717, 1.165) is 23.7 Å². The standard InChI is InChI=1S/C16H23N3OS/c1-11(2)19(9-12-6-7-12)10-15(20)18-14-5-3-4-13(8-14)16(17)21/h3-5,8,11-12H,6-7,9-10H2,1-2H3,(H2,17,21)(H,18,20). The van der Waals surface area contributed by atoms with Crippen molar-refractivity contribution in [3.63, 3.8) is 0 Å². The lowest BCUT2D eigenvalue weighted by Crippen LogP contribution is -2.39. The molecule has 0 heterocycles. The van der Waals surface area contributed by atoms with Gasteiger partial charge in [0.2, 0.25) is 5.91 Å². The average molecular weight is 305 g/mol. The summed E-state index contributed by atoms with van der Waals surface area (Å²) in [6.45, 7) is 5.69. The lowest BCUT2D eigenvalue weighted by molar-refractivity contribution is -0.117. The molecule has 4 nitrogen and oxygen atoms in total. The lowest BCUT2D eigenvalue weighted by atomic mass is 10.2. The van der Waals surface area contributed by atoms with Crippen LogP contribution in [-0.2, 0) is 4.79 Å². The normalized spacial score (nSPS) is 14.5. The maximum Gasteiger partial charge on any atom is 0.238 e. The van der Waals surface area contributed by atoms with Crippen molar-refractivity contribution in [1.82, 2.24) is 4.90 Å². The Hall–Kier alpha value is -1.46. The van der Waals surface area contributed by atoms with Crippen LogP contribution < -0.4 is 11.1 Å². The van der Waals surface area contributed by atoms with Gasteiger partial charge in [-0.15, -0.1) is 0 Å². The molecule has 1 aromatic carbocycles. The number of anilines is 1. The topological polar surface area (TPSA) is 58.4 Å². The van der Waals surface area contributed by atoms with Crippen LogP contribution in [0.1, 0.15) is 32.3 Å². The van der Waals surface area contributed by atoms with Gasteiger partial charge >= 0.3 is 0 Å². The number of hydrogen-bond donors (Lipinski definition) is 2. The molecule has 0 radical (unpaired) electrons. The second-order valence-corrected chi connectivity index (χ2v) is 6.40. The molecule has 1 aliphatic rings. The van der Waals surface area contributed by atoms with Gasteiger partial charge in [-0.05, 0) is 44.7 Å². The summed E-state index contributed by atoms with van der Waals surface area (Å²) in [4.78, 5) is 14.8. The van der Waals surface area contributed by atoms with Gasteiger partial charge in [0.05, 0.1) is 6.54 Å². The van der Waals surface area contributed by atoms with Crippen molar-refractivity contribution >= 4 is 28.8 Å². The van der Waals surface area contributed by atoms with Crippen LogP contribution in [0, 0.1) is 5.92 Å². The van der Waals surface area contributed by atoms with Crippen LogP contribution in [0.5, 0.6) is 0 Å². The first-order valence-electron chi connectivity index (χ1n) is 7.39. The minimum atomic E-state index is 0.00411. The van der Waals surface area contributed by atoms with Crippen LogP contribution in [0.3, 0.4) is 0 Å². The van der Waals surface area contributed by atoms with E-state index in [2.05, 4.69) is 24.1 Å². The van der Waals surface area contributed by atoms with Crippen LogP contribution >= 0.6 is 12.2 Å². The van der Waals surface area contributed by atoms with E-state index in [4.69, 9.17) is 18.0 Å². The second kappa shape index (κ2) is 7.00. The van der Waals surface area contributed by atoms with Crippen LogP contribution in [-0.4, -0.2) is 34.9 Å². The molecule has 1 aliphatic carbocycles. The van der Waals surface area contributed by atoms with Crippen molar-refractivity contribution in [3.05, 3.63) is 29.8 Å². The molecule has 0 atom stereocenters. The molecule has 0 aliphatic heterocycles. The molecule has 0 aromatic heterocycles. The predicted molar refractivity (Wildman–Crippen MR) is 90.4 cm³/mol. The molecule has 1 fully saturated rings. The van der Waals surface area contributed by atoms with E-state index >= 15 is 0 Å². The summed E-state index contributed by atoms with van der Waals surface area (Å²) in [7, 11) is 0. The Kier molecular flexibility index (Phi) is 5.31. The van der Waals surface area contributed by atoms with Gasteiger partial charge in [0, 0.05) is 23.8 Å². The molecule has 0 spiro atoms. The van der Waals surface area contributed by atoms with Gasteiger partial charge in [0.1, 0.15) is 4.99 Å². The quantitative estimate of drug-likeness (QED) is 0.759. The van der Waals surface area contributed by atoms with Crippen molar-refractivity contribution in [2.45, 2.75) is 32.7 Å². The number of nitrogens with two attached hydrogens (primary N) is 1. The van der Waals surface area contributed by atoms with Gasteiger partial charge in [-0.2, -0.15) is 0 Å².